The second kappa shape index (κ2) is 5.18. The standard InChI is InChI=1S/C16H13NO3S/c1-12-6-9-16(17-11-12)20-21(18,19)15-8-7-13-4-2-3-5-14(13)10-15/h2-11H,1H3. The van der Waals surface area contributed by atoms with Crippen molar-refractivity contribution in [3.63, 3.8) is 0 Å². The van der Waals surface area contributed by atoms with Crippen molar-refractivity contribution in [2.75, 3.05) is 0 Å². The molecule has 0 aliphatic heterocycles. The van der Waals surface area contributed by atoms with Crippen LogP contribution in [0.3, 0.4) is 0 Å². The van der Waals surface area contributed by atoms with Gasteiger partial charge in [-0.3, -0.25) is 0 Å². The Balaban J connectivity index is 1.97. The van der Waals surface area contributed by atoms with Crippen molar-refractivity contribution >= 4 is 20.9 Å². The highest BCUT2D eigenvalue weighted by Gasteiger charge is 2.17. The van der Waals surface area contributed by atoms with Crippen LogP contribution in [-0.2, 0) is 10.1 Å². The van der Waals surface area contributed by atoms with Crippen LogP contribution in [0.4, 0.5) is 0 Å². The van der Waals surface area contributed by atoms with Gasteiger partial charge in [0, 0.05) is 12.3 Å². The molecule has 0 saturated heterocycles. The zero-order chi connectivity index (χ0) is 14.9. The van der Waals surface area contributed by atoms with Gasteiger partial charge >= 0.3 is 10.1 Å². The lowest BCUT2D eigenvalue weighted by molar-refractivity contribution is 0.476. The van der Waals surface area contributed by atoms with E-state index in [1.807, 2.05) is 31.2 Å². The van der Waals surface area contributed by atoms with Crippen LogP contribution in [0.1, 0.15) is 5.56 Å². The van der Waals surface area contributed by atoms with E-state index in [1.165, 1.54) is 12.1 Å². The smallest absolute Gasteiger partial charge is 0.340 e. The molecule has 21 heavy (non-hydrogen) atoms. The van der Waals surface area contributed by atoms with Gasteiger partial charge in [-0.15, -0.1) is 0 Å². The van der Waals surface area contributed by atoms with Gasteiger partial charge in [0.25, 0.3) is 0 Å². The van der Waals surface area contributed by atoms with Crippen molar-refractivity contribution < 1.29 is 12.6 Å². The molecule has 0 saturated carbocycles. The monoisotopic (exact) mass is 299 g/mol. The topological polar surface area (TPSA) is 56.3 Å². The molecule has 3 aromatic rings. The van der Waals surface area contributed by atoms with Gasteiger partial charge in [-0.1, -0.05) is 36.4 Å². The van der Waals surface area contributed by atoms with Gasteiger partial charge in [0.05, 0.1) is 0 Å². The van der Waals surface area contributed by atoms with Gasteiger partial charge < -0.3 is 4.18 Å². The summed E-state index contributed by atoms with van der Waals surface area (Å²) in [6.07, 6.45) is 1.56. The van der Waals surface area contributed by atoms with Gasteiger partial charge in [0.2, 0.25) is 5.88 Å². The van der Waals surface area contributed by atoms with Gasteiger partial charge in [0.15, 0.2) is 0 Å². The fraction of sp³-hybridized carbons (Fsp3) is 0.0625. The number of benzene rings is 2. The van der Waals surface area contributed by atoms with Gasteiger partial charge in [-0.2, -0.15) is 8.42 Å². The van der Waals surface area contributed by atoms with E-state index in [-0.39, 0.29) is 10.8 Å². The van der Waals surface area contributed by atoms with Crippen LogP contribution in [0.25, 0.3) is 10.8 Å². The third-order valence-electron chi connectivity index (χ3n) is 3.09. The Kier molecular flexibility index (Phi) is 3.35. The molecule has 3 rings (SSSR count). The van der Waals surface area contributed by atoms with Crippen LogP contribution >= 0.6 is 0 Å². The summed E-state index contributed by atoms with van der Waals surface area (Å²) in [5.74, 6) is 0.0637. The molecule has 106 valence electrons. The van der Waals surface area contributed by atoms with E-state index in [1.54, 1.807) is 24.4 Å². The number of aryl methyl sites for hydroxylation is 1. The third kappa shape index (κ3) is 2.87. The highest BCUT2D eigenvalue weighted by atomic mass is 32.2. The quantitative estimate of drug-likeness (QED) is 0.696. The molecule has 5 heteroatoms. The summed E-state index contributed by atoms with van der Waals surface area (Å²) in [5.41, 5.74) is 0.936. The van der Waals surface area contributed by atoms with Crippen molar-refractivity contribution in [3.8, 4) is 5.88 Å². The zero-order valence-corrected chi connectivity index (χ0v) is 12.2. The lowest BCUT2D eigenvalue weighted by Gasteiger charge is -2.07. The Morgan fingerprint density at radius 1 is 0.952 bits per heavy atom. The minimum absolute atomic E-state index is 0.0637. The lowest BCUT2D eigenvalue weighted by atomic mass is 10.1. The number of fused-ring (bicyclic) bond motifs is 1. The van der Waals surface area contributed by atoms with Crippen molar-refractivity contribution in [1.29, 1.82) is 0 Å². The summed E-state index contributed by atoms with van der Waals surface area (Å²) in [4.78, 5) is 4.06. The van der Waals surface area contributed by atoms with Crippen molar-refractivity contribution in [3.05, 3.63) is 66.4 Å². The molecule has 1 aromatic heterocycles. The van der Waals surface area contributed by atoms with Crippen LogP contribution in [0.15, 0.2) is 65.7 Å². The molecular weight excluding hydrogens is 286 g/mol. The van der Waals surface area contributed by atoms with E-state index in [2.05, 4.69) is 4.98 Å². The number of hydrogen-bond donors (Lipinski definition) is 0. The predicted molar refractivity (Wildman–Crippen MR) is 80.7 cm³/mol. The molecule has 1 heterocycles. The molecular formula is C16H13NO3S. The number of hydrogen-bond acceptors (Lipinski definition) is 4. The molecule has 0 aliphatic carbocycles. The van der Waals surface area contributed by atoms with E-state index >= 15 is 0 Å². The maximum Gasteiger partial charge on any atom is 0.340 e. The van der Waals surface area contributed by atoms with E-state index in [0.29, 0.717) is 0 Å². The van der Waals surface area contributed by atoms with Gasteiger partial charge in [-0.25, -0.2) is 4.98 Å². The maximum atomic E-state index is 12.3. The number of aromatic nitrogens is 1. The minimum atomic E-state index is -3.88. The van der Waals surface area contributed by atoms with E-state index < -0.39 is 10.1 Å². The molecule has 0 radical (unpaired) electrons. The summed E-state index contributed by atoms with van der Waals surface area (Å²) in [5, 5.41) is 1.82. The number of rotatable bonds is 3. The summed E-state index contributed by atoms with van der Waals surface area (Å²) in [7, 11) is -3.88. The molecule has 0 amide bonds. The first kappa shape index (κ1) is 13.6. The SMILES string of the molecule is Cc1ccc(OS(=O)(=O)c2ccc3ccccc3c2)nc1. The average molecular weight is 299 g/mol. The van der Waals surface area contributed by atoms with Crippen LogP contribution in [0, 0.1) is 6.92 Å². The zero-order valence-electron chi connectivity index (χ0n) is 11.4. The second-order valence-electron chi connectivity index (χ2n) is 4.72. The maximum absolute atomic E-state index is 12.3. The Hall–Kier alpha value is -2.40. The van der Waals surface area contributed by atoms with Crippen molar-refractivity contribution in [1.82, 2.24) is 4.98 Å². The first-order chi connectivity index (χ1) is 10.0. The molecule has 0 bridgehead atoms. The van der Waals surface area contributed by atoms with Crippen LogP contribution in [0.2, 0.25) is 0 Å². The van der Waals surface area contributed by atoms with Crippen LogP contribution in [-0.4, -0.2) is 13.4 Å². The van der Waals surface area contributed by atoms with Crippen LogP contribution < -0.4 is 4.18 Å². The Labute approximate surface area is 123 Å². The van der Waals surface area contributed by atoms with Crippen molar-refractivity contribution in [2.45, 2.75) is 11.8 Å². The number of nitrogens with zero attached hydrogens (tertiary/aromatic N) is 1. The summed E-state index contributed by atoms with van der Waals surface area (Å²) in [6, 6.07) is 15.7. The Bertz CT molecular complexity index is 887. The second-order valence-corrected chi connectivity index (χ2v) is 6.27. The summed E-state index contributed by atoms with van der Waals surface area (Å²) < 4.78 is 29.6. The largest absolute Gasteiger partial charge is 0.358 e. The Morgan fingerprint density at radius 3 is 2.43 bits per heavy atom. The van der Waals surface area contributed by atoms with E-state index in [9.17, 15) is 8.42 Å². The molecule has 4 nitrogen and oxygen atoms in total. The van der Waals surface area contributed by atoms with E-state index in [4.69, 9.17) is 4.18 Å². The molecule has 0 N–H and O–H groups in total. The molecule has 0 atom stereocenters. The van der Waals surface area contributed by atoms with Gasteiger partial charge in [-0.05, 0) is 35.4 Å². The molecule has 0 unspecified atom stereocenters. The first-order valence-electron chi connectivity index (χ1n) is 6.40. The fourth-order valence-corrected chi connectivity index (χ4v) is 2.91. The van der Waals surface area contributed by atoms with Crippen molar-refractivity contribution in [2.24, 2.45) is 0 Å². The number of pyridine rings is 1. The molecule has 0 aliphatic rings. The molecule has 0 fully saturated rings. The minimum Gasteiger partial charge on any atom is -0.358 e. The Morgan fingerprint density at radius 2 is 1.71 bits per heavy atom. The fourth-order valence-electron chi connectivity index (χ4n) is 1.99. The van der Waals surface area contributed by atoms with Gasteiger partial charge in [0.1, 0.15) is 4.90 Å². The third-order valence-corrected chi connectivity index (χ3v) is 4.31. The summed E-state index contributed by atoms with van der Waals surface area (Å²) in [6.45, 7) is 1.87. The molecule has 2 aromatic carbocycles. The highest BCUT2D eigenvalue weighted by Crippen LogP contribution is 2.21. The average Bonchev–Trinajstić information content (AvgIpc) is 2.49. The van der Waals surface area contributed by atoms with E-state index in [0.717, 1.165) is 16.3 Å². The first-order valence-corrected chi connectivity index (χ1v) is 7.81. The lowest BCUT2D eigenvalue weighted by Crippen LogP contribution is -2.10. The predicted octanol–water partition coefficient (Wildman–Crippen LogP) is 3.31. The molecule has 0 spiro atoms. The highest BCUT2D eigenvalue weighted by molar-refractivity contribution is 7.87. The summed E-state index contributed by atoms with van der Waals surface area (Å²) >= 11 is 0. The van der Waals surface area contributed by atoms with Crippen LogP contribution in [0.5, 0.6) is 5.88 Å². The normalized spacial score (nSPS) is 11.5.